The van der Waals surface area contributed by atoms with E-state index in [4.69, 9.17) is 11.0 Å². The predicted octanol–water partition coefficient (Wildman–Crippen LogP) is 4.74. The van der Waals surface area contributed by atoms with Gasteiger partial charge in [0.25, 0.3) is 5.91 Å². The molecule has 2 fully saturated rings. The van der Waals surface area contributed by atoms with Crippen LogP contribution in [0, 0.1) is 18.3 Å². The van der Waals surface area contributed by atoms with Gasteiger partial charge in [0.05, 0.1) is 17.3 Å². The number of aryl methyl sites for hydroxylation is 1. The number of benzene rings is 2. The standard InChI is InChI=1S/C26H27N5O/c1-16-2-5-21(14-22(16)23-24(28)30-25(29-23)20-8-9-20)26(32)31-12-10-19(11-13-31)18-6-3-17(15-27)4-7-18/h2-7,14,19-20H,8-13,28H2,1H3,(H,29,30). The Bertz CT molecular complexity index is 1190. The molecule has 1 saturated heterocycles. The minimum absolute atomic E-state index is 0.0602. The second-order valence-corrected chi connectivity index (χ2v) is 8.99. The number of imidazole rings is 1. The zero-order valence-electron chi connectivity index (χ0n) is 18.3. The van der Waals surface area contributed by atoms with Crippen molar-refractivity contribution < 1.29 is 4.79 Å². The molecule has 1 saturated carbocycles. The van der Waals surface area contributed by atoms with Crippen molar-refractivity contribution in [2.45, 2.75) is 44.4 Å². The summed E-state index contributed by atoms with van der Waals surface area (Å²) in [6.45, 7) is 3.49. The molecule has 0 spiro atoms. The number of hydrogen-bond donors (Lipinski definition) is 2. The predicted molar refractivity (Wildman–Crippen MR) is 124 cm³/mol. The molecular weight excluding hydrogens is 398 g/mol. The third kappa shape index (κ3) is 3.87. The van der Waals surface area contributed by atoms with Crippen molar-refractivity contribution in [1.82, 2.24) is 14.9 Å². The molecule has 0 unspecified atom stereocenters. The first-order chi connectivity index (χ1) is 15.5. The van der Waals surface area contributed by atoms with Crippen molar-refractivity contribution in [1.29, 1.82) is 5.26 Å². The Balaban J connectivity index is 1.31. The van der Waals surface area contributed by atoms with Crippen molar-refractivity contribution in [3.63, 3.8) is 0 Å². The van der Waals surface area contributed by atoms with Gasteiger partial charge in [-0.3, -0.25) is 4.79 Å². The molecule has 6 nitrogen and oxygen atoms in total. The van der Waals surface area contributed by atoms with Gasteiger partial charge in [0, 0.05) is 30.1 Å². The van der Waals surface area contributed by atoms with Crippen LogP contribution in [0.25, 0.3) is 11.3 Å². The van der Waals surface area contributed by atoms with E-state index in [0.29, 0.717) is 28.8 Å². The molecule has 1 amide bonds. The van der Waals surface area contributed by atoms with Crippen LogP contribution in [0.1, 0.15) is 70.4 Å². The minimum Gasteiger partial charge on any atom is -0.382 e. The van der Waals surface area contributed by atoms with Crippen LogP contribution < -0.4 is 5.73 Å². The maximum Gasteiger partial charge on any atom is 0.253 e. The molecule has 2 aromatic carbocycles. The van der Waals surface area contributed by atoms with E-state index in [1.54, 1.807) is 0 Å². The maximum absolute atomic E-state index is 13.3. The number of rotatable bonds is 4. The third-order valence-corrected chi connectivity index (χ3v) is 6.76. The summed E-state index contributed by atoms with van der Waals surface area (Å²) in [7, 11) is 0. The van der Waals surface area contributed by atoms with Gasteiger partial charge in [0.15, 0.2) is 0 Å². The van der Waals surface area contributed by atoms with Gasteiger partial charge in [0.2, 0.25) is 0 Å². The number of anilines is 1. The first-order valence-electron chi connectivity index (χ1n) is 11.3. The second-order valence-electron chi connectivity index (χ2n) is 8.99. The third-order valence-electron chi connectivity index (χ3n) is 6.76. The number of carbonyl (C=O) groups excluding carboxylic acids is 1. The first kappa shape index (κ1) is 20.3. The van der Waals surface area contributed by atoms with E-state index in [0.717, 1.165) is 61.4 Å². The van der Waals surface area contributed by atoms with Gasteiger partial charge in [-0.25, -0.2) is 4.98 Å². The summed E-state index contributed by atoms with van der Waals surface area (Å²) < 4.78 is 0. The summed E-state index contributed by atoms with van der Waals surface area (Å²) >= 11 is 0. The number of likely N-dealkylation sites (tertiary alicyclic amines) is 1. The van der Waals surface area contributed by atoms with Crippen molar-refractivity contribution in [2.24, 2.45) is 0 Å². The number of nitrogens with one attached hydrogen (secondary N) is 1. The molecule has 2 aliphatic rings. The quantitative estimate of drug-likeness (QED) is 0.631. The fraction of sp³-hybridized carbons (Fsp3) is 0.346. The van der Waals surface area contributed by atoms with Crippen LogP contribution in [0.3, 0.4) is 0 Å². The van der Waals surface area contributed by atoms with Crippen molar-refractivity contribution in [2.75, 3.05) is 18.8 Å². The zero-order chi connectivity index (χ0) is 22.2. The van der Waals surface area contributed by atoms with Crippen molar-refractivity contribution >= 4 is 11.7 Å². The number of piperidine rings is 1. The molecule has 0 radical (unpaired) electrons. The Kier molecular flexibility index (Phi) is 5.18. The molecule has 32 heavy (non-hydrogen) atoms. The summed E-state index contributed by atoms with van der Waals surface area (Å²) in [5.74, 6) is 2.44. The number of aromatic nitrogens is 2. The number of H-pyrrole nitrogens is 1. The number of nitrogens with two attached hydrogens (primary N) is 1. The molecule has 1 aliphatic heterocycles. The second kappa shape index (κ2) is 8.16. The lowest BCUT2D eigenvalue weighted by molar-refractivity contribution is 0.0713. The molecule has 0 bridgehead atoms. The number of nitrogen functional groups attached to an aromatic ring is 1. The van der Waals surface area contributed by atoms with Gasteiger partial charge in [0.1, 0.15) is 11.6 Å². The molecule has 5 rings (SSSR count). The van der Waals surface area contributed by atoms with Gasteiger partial charge in [-0.2, -0.15) is 5.26 Å². The highest BCUT2D eigenvalue weighted by Gasteiger charge is 2.29. The molecule has 6 heteroatoms. The monoisotopic (exact) mass is 425 g/mol. The van der Waals surface area contributed by atoms with Gasteiger partial charge in [-0.1, -0.05) is 18.2 Å². The Hall–Kier alpha value is -3.59. The number of aromatic amines is 1. The van der Waals surface area contributed by atoms with Gasteiger partial charge >= 0.3 is 0 Å². The number of amides is 1. The van der Waals surface area contributed by atoms with E-state index >= 15 is 0 Å². The van der Waals surface area contributed by atoms with E-state index in [9.17, 15) is 4.79 Å². The van der Waals surface area contributed by atoms with E-state index < -0.39 is 0 Å². The molecule has 0 atom stereocenters. The van der Waals surface area contributed by atoms with E-state index in [1.807, 2.05) is 54.3 Å². The number of hydrogen-bond acceptors (Lipinski definition) is 4. The summed E-state index contributed by atoms with van der Waals surface area (Å²) in [5.41, 5.74) is 11.7. The lowest BCUT2D eigenvalue weighted by atomic mass is 9.88. The summed E-state index contributed by atoms with van der Waals surface area (Å²) in [5, 5.41) is 8.99. The van der Waals surface area contributed by atoms with Gasteiger partial charge < -0.3 is 15.6 Å². The van der Waals surface area contributed by atoms with Crippen LogP contribution in [0.4, 0.5) is 5.82 Å². The smallest absolute Gasteiger partial charge is 0.253 e. The highest BCUT2D eigenvalue weighted by Crippen LogP contribution is 2.40. The van der Waals surface area contributed by atoms with Crippen LogP contribution in [0.5, 0.6) is 0 Å². The Morgan fingerprint density at radius 2 is 1.81 bits per heavy atom. The lowest BCUT2D eigenvalue weighted by Gasteiger charge is -2.32. The van der Waals surface area contributed by atoms with Gasteiger partial charge in [-0.05, 0) is 73.9 Å². The minimum atomic E-state index is 0.0602. The van der Waals surface area contributed by atoms with Crippen molar-refractivity contribution in [3.8, 4) is 17.3 Å². The fourth-order valence-electron chi connectivity index (χ4n) is 4.61. The largest absolute Gasteiger partial charge is 0.382 e. The summed E-state index contributed by atoms with van der Waals surface area (Å²) in [4.78, 5) is 23.1. The number of nitriles is 1. The van der Waals surface area contributed by atoms with Crippen LogP contribution in [0.15, 0.2) is 42.5 Å². The topological polar surface area (TPSA) is 98.8 Å². The Morgan fingerprint density at radius 3 is 2.47 bits per heavy atom. The van der Waals surface area contributed by atoms with E-state index in [-0.39, 0.29) is 5.91 Å². The highest BCUT2D eigenvalue weighted by molar-refractivity contribution is 5.96. The lowest BCUT2D eigenvalue weighted by Crippen LogP contribution is -2.37. The van der Waals surface area contributed by atoms with E-state index in [2.05, 4.69) is 16.0 Å². The molecule has 3 N–H and O–H groups in total. The summed E-state index contributed by atoms with van der Waals surface area (Å²) in [6.07, 6.45) is 4.16. The van der Waals surface area contributed by atoms with Crippen molar-refractivity contribution in [3.05, 3.63) is 70.5 Å². The maximum atomic E-state index is 13.3. The average Bonchev–Trinajstić information content (AvgIpc) is 3.61. The van der Waals surface area contributed by atoms with Gasteiger partial charge in [-0.15, -0.1) is 0 Å². The summed E-state index contributed by atoms with van der Waals surface area (Å²) in [6, 6.07) is 15.8. The fourth-order valence-corrected chi connectivity index (χ4v) is 4.61. The number of nitrogens with zero attached hydrogens (tertiary/aromatic N) is 3. The average molecular weight is 426 g/mol. The Morgan fingerprint density at radius 1 is 1.09 bits per heavy atom. The number of carbonyl (C=O) groups is 1. The van der Waals surface area contributed by atoms with Crippen LogP contribution in [-0.4, -0.2) is 33.9 Å². The molecule has 162 valence electrons. The van der Waals surface area contributed by atoms with Crippen LogP contribution >= 0.6 is 0 Å². The Labute approximate surface area is 188 Å². The molecular formula is C26H27N5O. The zero-order valence-corrected chi connectivity index (χ0v) is 18.3. The molecule has 3 aromatic rings. The molecule has 1 aliphatic carbocycles. The SMILES string of the molecule is Cc1ccc(C(=O)N2CCC(c3ccc(C#N)cc3)CC2)cc1-c1[nH]c(C2CC2)nc1N. The molecule has 1 aromatic heterocycles. The molecule has 2 heterocycles. The van der Waals surface area contributed by atoms with E-state index in [1.165, 1.54) is 5.56 Å². The highest BCUT2D eigenvalue weighted by atomic mass is 16.2. The first-order valence-corrected chi connectivity index (χ1v) is 11.3. The van der Waals surface area contributed by atoms with Crippen LogP contribution in [-0.2, 0) is 0 Å². The van der Waals surface area contributed by atoms with Crippen LogP contribution in [0.2, 0.25) is 0 Å². The normalized spacial score (nSPS) is 16.7.